The summed E-state index contributed by atoms with van der Waals surface area (Å²) in [4.78, 5) is 27.6. The van der Waals surface area contributed by atoms with E-state index in [0.29, 0.717) is 11.5 Å². The third-order valence-corrected chi connectivity index (χ3v) is 7.85. The molecule has 0 aliphatic heterocycles. The van der Waals surface area contributed by atoms with Gasteiger partial charge in [0.25, 0.3) is 0 Å². The van der Waals surface area contributed by atoms with Gasteiger partial charge < -0.3 is 30.0 Å². The van der Waals surface area contributed by atoms with E-state index in [2.05, 4.69) is 107 Å². The molecular formula is C39H58CoN2O6. The fourth-order valence-electron chi connectivity index (χ4n) is 5.10. The predicted molar refractivity (Wildman–Crippen MR) is 189 cm³/mol. The number of carboxylic acid groups (broad SMARTS) is 2. The Morgan fingerprint density at radius 3 is 1.12 bits per heavy atom. The van der Waals surface area contributed by atoms with Crippen LogP contribution in [0.4, 0.5) is 0 Å². The third kappa shape index (κ3) is 14.5. The first-order valence-corrected chi connectivity index (χ1v) is 16.3. The zero-order valence-corrected chi connectivity index (χ0v) is 32.5. The van der Waals surface area contributed by atoms with E-state index in [4.69, 9.17) is 29.8 Å². The number of benzene rings is 2. The molecule has 2 atom stereocenters. The Kier molecular flexibility index (Phi) is 16.3. The fraction of sp³-hybridized carbons (Fsp3) is 0.590. The Bertz CT molecular complexity index is 1330. The standard InChI is InChI=1S/C35H52N2O2.2C2H4O2.Co/c1-32(2,3)24-15-22(30(38)28(17-24)34(7,8)9)20-36-26-13-14-27(19-26)37-21-23-16-25(33(4,5)6)18-29(31(23)39)35(10,11)12;2*1-2(3)4;/h15-18,20-21,26-27,38-39H,13-14,19H2,1-12H3;2*1H3,(H,3,4);/q;;;+2/p-2. The second-order valence-electron chi connectivity index (χ2n) is 16.6. The second-order valence-corrected chi connectivity index (χ2v) is 16.6. The zero-order valence-electron chi connectivity index (χ0n) is 31.5. The van der Waals surface area contributed by atoms with E-state index in [1.807, 2.05) is 12.4 Å². The first kappa shape index (κ1) is 44.8. The Balaban J connectivity index is 0.00000221. The van der Waals surface area contributed by atoms with Crippen molar-refractivity contribution in [1.82, 2.24) is 0 Å². The number of carbonyl (C=O) groups excluding carboxylic acids is 2. The van der Waals surface area contributed by atoms with Crippen molar-refractivity contribution in [2.45, 2.75) is 150 Å². The molecule has 0 saturated heterocycles. The van der Waals surface area contributed by atoms with Crippen molar-refractivity contribution in [3.63, 3.8) is 0 Å². The number of hydrogen-bond donors (Lipinski definition) is 2. The summed E-state index contributed by atoms with van der Waals surface area (Å²) in [7, 11) is 0. The average molecular weight is 710 g/mol. The molecule has 269 valence electrons. The number of aromatic hydroxyl groups is 2. The van der Waals surface area contributed by atoms with Gasteiger partial charge >= 0.3 is 16.8 Å². The molecule has 48 heavy (non-hydrogen) atoms. The molecule has 1 radical (unpaired) electrons. The summed E-state index contributed by atoms with van der Waals surface area (Å²) in [5.74, 6) is -1.51. The first-order chi connectivity index (χ1) is 21.1. The van der Waals surface area contributed by atoms with Gasteiger partial charge in [0.15, 0.2) is 0 Å². The van der Waals surface area contributed by atoms with Gasteiger partial charge in [-0.1, -0.05) is 95.2 Å². The van der Waals surface area contributed by atoms with E-state index in [1.54, 1.807) is 0 Å². The number of carbonyl (C=O) groups is 2. The summed E-state index contributed by atoms with van der Waals surface area (Å²) < 4.78 is 0. The minimum absolute atomic E-state index is 0. The van der Waals surface area contributed by atoms with Gasteiger partial charge in [-0.15, -0.1) is 0 Å². The largest absolute Gasteiger partial charge is 2.00 e. The van der Waals surface area contributed by atoms with Gasteiger partial charge in [0.05, 0.1) is 12.1 Å². The molecule has 3 rings (SSSR count). The van der Waals surface area contributed by atoms with Crippen LogP contribution in [-0.2, 0) is 48.0 Å². The molecule has 8 nitrogen and oxygen atoms in total. The Labute approximate surface area is 299 Å². The quantitative estimate of drug-likeness (QED) is 0.359. The van der Waals surface area contributed by atoms with Crippen molar-refractivity contribution >= 4 is 24.4 Å². The van der Waals surface area contributed by atoms with Crippen molar-refractivity contribution < 1.29 is 46.8 Å². The van der Waals surface area contributed by atoms with Crippen LogP contribution >= 0.6 is 0 Å². The van der Waals surface area contributed by atoms with E-state index < -0.39 is 11.9 Å². The number of rotatable bonds is 4. The van der Waals surface area contributed by atoms with E-state index in [1.165, 1.54) is 11.1 Å². The number of carboxylic acids is 2. The number of aliphatic carboxylic acids is 2. The molecule has 2 unspecified atom stereocenters. The number of hydrogen-bond acceptors (Lipinski definition) is 8. The predicted octanol–water partition coefficient (Wildman–Crippen LogP) is 6.26. The normalized spacial score (nSPS) is 16.9. The van der Waals surface area contributed by atoms with Crippen LogP contribution in [0.1, 0.15) is 150 Å². The molecule has 0 heterocycles. The summed E-state index contributed by atoms with van der Waals surface area (Å²) in [5, 5.41) is 40.0. The molecule has 0 spiro atoms. The van der Waals surface area contributed by atoms with Gasteiger partial charge in [0.2, 0.25) is 0 Å². The summed E-state index contributed by atoms with van der Waals surface area (Å²) >= 11 is 0. The fourth-order valence-corrected chi connectivity index (χ4v) is 5.10. The maximum atomic E-state index is 11.1. The zero-order chi connectivity index (χ0) is 36.7. The van der Waals surface area contributed by atoms with Gasteiger partial charge in [0.1, 0.15) is 11.5 Å². The number of nitrogens with zero attached hydrogens (tertiary/aromatic N) is 2. The molecule has 1 aliphatic carbocycles. The topological polar surface area (TPSA) is 145 Å². The van der Waals surface area contributed by atoms with Gasteiger partial charge in [0, 0.05) is 46.6 Å². The second kappa shape index (κ2) is 17.5. The van der Waals surface area contributed by atoms with Gasteiger partial charge in [-0.25, -0.2) is 0 Å². The smallest absolute Gasteiger partial charge is 0.550 e. The van der Waals surface area contributed by atoms with Crippen LogP contribution in [0.15, 0.2) is 34.3 Å². The SMILES string of the molecule is CC(=O)[O-].CC(=O)[O-].CC(C)(C)c1cc(C=NC2CCC(N=Cc3cc(C(C)(C)C)cc(C(C)(C)C)c3O)C2)c(O)c(C(C)(C)C)c1.[Co+2]. The summed E-state index contributed by atoms with van der Waals surface area (Å²) in [5.41, 5.74) is 5.52. The molecule has 2 aromatic rings. The maximum Gasteiger partial charge on any atom is 2.00 e. The van der Waals surface area contributed by atoms with Crippen molar-refractivity contribution in [1.29, 1.82) is 0 Å². The number of phenols is 2. The first-order valence-electron chi connectivity index (χ1n) is 16.3. The van der Waals surface area contributed by atoms with E-state index in [9.17, 15) is 10.2 Å². The summed E-state index contributed by atoms with van der Waals surface area (Å²) in [6.07, 6.45) is 6.53. The molecule has 0 bridgehead atoms. The molecule has 0 aromatic heterocycles. The molecule has 1 fully saturated rings. The summed E-state index contributed by atoms with van der Waals surface area (Å²) in [6, 6.07) is 8.78. The van der Waals surface area contributed by atoms with Crippen molar-refractivity contribution in [3.05, 3.63) is 57.6 Å². The Morgan fingerprint density at radius 1 is 0.625 bits per heavy atom. The van der Waals surface area contributed by atoms with Crippen molar-refractivity contribution in [2.24, 2.45) is 9.98 Å². The molecule has 2 N–H and O–H groups in total. The molecule has 1 aliphatic rings. The van der Waals surface area contributed by atoms with Gasteiger partial charge in [-0.05, 0) is 78.0 Å². The van der Waals surface area contributed by atoms with Crippen LogP contribution in [0.3, 0.4) is 0 Å². The monoisotopic (exact) mass is 709 g/mol. The number of phenolic OH excluding ortho intramolecular Hbond substituents is 2. The van der Waals surface area contributed by atoms with Crippen LogP contribution in [0.5, 0.6) is 11.5 Å². The Hall–Kier alpha value is -3.17. The molecule has 9 heteroatoms. The van der Waals surface area contributed by atoms with Crippen LogP contribution < -0.4 is 10.2 Å². The maximum absolute atomic E-state index is 11.1. The van der Waals surface area contributed by atoms with Crippen LogP contribution in [0, 0.1) is 0 Å². The van der Waals surface area contributed by atoms with Gasteiger partial charge in [-0.3, -0.25) is 9.98 Å². The molecular weight excluding hydrogens is 651 g/mol. The average Bonchev–Trinajstić information content (AvgIpc) is 3.31. The van der Waals surface area contributed by atoms with E-state index in [0.717, 1.165) is 55.4 Å². The van der Waals surface area contributed by atoms with Gasteiger partial charge in [-0.2, -0.15) is 0 Å². The van der Waals surface area contributed by atoms with Crippen LogP contribution in [0.25, 0.3) is 0 Å². The minimum atomic E-state index is -1.08. The molecule has 2 aromatic carbocycles. The third-order valence-electron chi connectivity index (χ3n) is 7.85. The van der Waals surface area contributed by atoms with Crippen molar-refractivity contribution in [3.8, 4) is 11.5 Å². The molecule has 1 saturated carbocycles. The minimum Gasteiger partial charge on any atom is -0.550 e. The van der Waals surface area contributed by atoms with E-state index in [-0.39, 0.29) is 50.5 Å². The van der Waals surface area contributed by atoms with Crippen LogP contribution in [0.2, 0.25) is 0 Å². The van der Waals surface area contributed by atoms with Crippen LogP contribution in [-0.4, -0.2) is 46.7 Å². The van der Waals surface area contributed by atoms with Crippen molar-refractivity contribution in [2.75, 3.05) is 0 Å². The molecule has 0 amide bonds. The van der Waals surface area contributed by atoms with E-state index >= 15 is 0 Å². The number of aliphatic imine (C=N–C) groups is 2. The summed E-state index contributed by atoms with van der Waals surface area (Å²) in [6.45, 7) is 27.9. The Morgan fingerprint density at radius 2 is 0.896 bits per heavy atom.